The normalized spacial score (nSPS) is 10.2. The number of aromatic nitrogens is 1. The molecule has 2 rings (SSSR count). The van der Waals surface area contributed by atoms with E-state index in [2.05, 4.69) is 10.3 Å². The third-order valence-corrected chi connectivity index (χ3v) is 4.14. The number of hydrogen-bond acceptors (Lipinski definition) is 5. The number of H-pyrrole nitrogens is 1. The van der Waals surface area contributed by atoms with Gasteiger partial charge >= 0.3 is 5.97 Å². The maximum absolute atomic E-state index is 12.1. The van der Waals surface area contributed by atoms with Crippen molar-refractivity contribution < 1.29 is 14.3 Å². The Morgan fingerprint density at radius 3 is 2.62 bits per heavy atom. The van der Waals surface area contributed by atoms with E-state index in [1.54, 1.807) is 6.92 Å². The summed E-state index contributed by atoms with van der Waals surface area (Å²) in [5.41, 5.74) is 0.867. The second-order valence-corrected chi connectivity index (χ2v) is 5.59. The smallest absolute Gasteiger partial charge is 0.341 e. The van der Waals surface area contributed by atoms with E-state index in [1.165, 1.54) is 36.6 Å². The third-order valence-electron chi connectivity index (χ3n) is 3.01. The van der Waals surface area contributed by atoms with Gasteiger partial charge in [0.2, 0.25) is 5.56 Å². The summed E-state index contributed by atoms with van der Waals surface area (Å²) in [4.78, 5) is 38.5. The molecule has 0 unspecified atom stereocenters. The van der Waals surface area contributed by atoms with Crippen LogP contribution in [0.25, 0.3) is 0 Å². The Morgan fingerprint density at radius 2 is 2.00 bits per heavy atom. The Hall–Kier alpha value is -2.41. The SMILES string of the molecule is COC(=O)c1c(NC(=O)c2cccc(=O)[nH]2)sc(C)c1C. The van der Waals surface area contributed by atoms with E-state index in [-0.39, 0.29) is 11.3 Å². The molecule has 0 spiro atoms. The Morgan fingerprint density at radius 1 is 1.29 bits per heavy atom. The number of ether oxygens (including phenoxy) is 1. The number of carbonyl (C=O) groups excluding carboxylic acids is 2. The number of carbonyl (C=O) groups is 2. The predicted octanol–water partition coefficient (Wildman–Crippen LogP) is 2.09. The van der Waals surface area contributed by atoms with Crippen LogP contribution in [0.15, 0.2) is 23.0 Å². The molecule has 7 heteroatoms. The highest BCUT2D eigenvalue weighted by atomic mass is 32.1. The largest absolute Gasteiger partial charge is 0.465 e. The first-order valence-corrected chi connectivity index (χ1v) is 6.94. The van der Waals surface area contributed by atoms with Gasteiger partial charge in [-0.05, 0) is 25.5 Å². The highest BCUT2D eigenvalue weighted by molar-refractivity contribution is 7.16. The molecule has 1 amide bonds. The number of thiophene rings is 1. The van der Waals surface area contributed by atoms with Crippen molar-refractivity contribution in [1.82, 2.24) is 4.98 Å². The summed E-state index contributed by atoms with van der Waals surface area (Å²) in [6.45, 7) is 3.64. The van der Waals surface area contributed by atoms with Crippen LogP contribution in [0.5, 0.6) is 0 Å². The molecule has 110 valence electrons. The first-order chi connectivity index (χ1) is 9.93. The summed E-state index contributed by atoms with van der Waals surface area (Å²) < 4.78 is 4.74. The lowest BCUT2D eigenvalue weighted by molar-refractivity contribution is 0.0601. The first-order valence-electron chi connectivity index (χ1n) is 6.13. The maximum atomic E-state index is 12.1. The van der Waals surface area contributed by atoms with Crippen LogP contribution in [0.2, 0.25) is 0 Å². The molecule has 2 aromatic rings. The van der Waals surface area contributed by atoms with Gasteiger partial charge in [0.15, 0.2) is 0 Å². The summed E-state index contributed by atoms with van der Waals surface area (Å²) in [7, 11) is 1.29. The fourth-order valence-electron chi connectivity index (χ4n) is 1.81. The molecule has 0 fully saturated rings. The summed E-state index contributed by atoms with van der Waals surface area (Å²) >= 11 is 1.29. The van der Waals surface area contributed by atoms with Crippen molar-refractivity contribution in [3.63, 3.8) is 0 Å². The van der Waals surface area contributed by atoms with Crippen molar-refractivity contribution in [2.75, 3.05) is 12.4 Å². The zero-order valence-electron chi connectivity index (χ0n) is 11.8. The lowest BCUT2D eigenvalue weighted by atomic mass is 10.1. The monoisotopic (exact) mass is 306 g/mol. The molecule has 21 heavy (non-hydrogen) atoms. The third kappa shape index (κ3) is 3.03. The molecule has 0 saturated heterocycles. The number of rotatable bonds is 3. The molecular weight excluding hydrogens is 292 g/mol. The van der Waals surface area contributed by atoms with Gasteiger partial charge in [-0.25, -0.2) is 4.79 Å². The molecule has 0 saturated carbocycles. The Kier molecular flexibility index (Phi) is 4.23. The molecule has 0 bridgehead atoms. The quantitative estimate of drug-likeness (QED) is 0.850. The first kappa shape index (κ1) is 15.0. The number of methoxy groups -OCH3 is 1. The fourth-order valence-corrected chi connectivity index (χ4v) is 2.86. The van der Waals surface area contributed by atoms with Crippen LogP contribution in [0, 0.1) is 13.8 Å². The lowest BCUT2D eigenvalue weighted by Crippen LogP contribution is -2.18. The summed E-state index contributed by atoms with van der Waals surface area (Å²) in [5, 5.41) is 3.05. The molecule has 0 atom stereocenters. The van der Waals surface area contributed by atoms with Crippen molar-refractivity contribution in [3.05, 3.63) is 50.3 Å². The van der Waals surface area contributed by atoms with Crippen LogP contribution in [-0.2, 0) is 4.74 Å². The second kappa shape index (κ2) is 5.92. The van der Waals surface area contributed by atoms with Gasteiger partial charge in [-0.15, -0.1) is 11.3 Å². The number of anilines is 1. The second-order valence-electron chi connectivity index (χ2n) is 4.36. The Balaban J connectivity index is 2.36. The standard InChI is InChI=1S/C14H14N2O4S/c1-7-8(2)21-13(11(7)14(19)20-3)16-12(18)9-5-4-6-10(17)15-9/h4-6H,1-3H3,(H,15,17)(H,16,18). The molecular formula is C14H14N2O4S. The number of hydrogen-bond donors (Lipinski definition) is 2. The molecule has 0 radical (unpaired) electrons. The van der Waals surface area contributed by atoms with Crippen LogP contribution in [0.3, 0.4) is 0 Å². The van der Waals surface area contributed by atoms with Crippen LogP contribution in [0.1, 0.15) is 31.3 Å². The molecule has 0 aliphatic heterocycles. The van der Waals surface area contributed by atoms with E-state index in [9.17, 15) is 14.4 Å². The van der Waals surface area contributed by atoms with Crippen molar-refractivity contribution in [2.24, 2.45) is 0 Å². The van der Waals surface area contributed by atoms with E-state index in [1.807, 2.05) is 6.92 Å². The van der Waals surface area contributed by atoms with Gasteiger partial charge in [0.25, 0.3) is 5.91 Å². The average Bonchev–Trinajstić information content (AvgIpc) is 2.73. The number of aryl methyl sites for hydroxylation is 1. The number of pyridine rings is 1. The zero-order chi connectivity index (χ0) is 15.6. The van der Waals surface area contributed by atoms with Gasteiger partial charge in [0.05, 0.1) is 12.7 Å². The van der Waals surface area contributed by atoms with Gasteiger partial charge < -0.3 is 15.0 Å². The summed E-state index contributed by atoms with van der Waals surface area (Å²) in [6, 6.07) is 4.29. The molecule has 6 nitrogen and oxygen atoms in total. The lowest BCUT2D eigenvalue weighted by Gasteiger charge is -2.06. The minimum absolute atomic E-state index is 0.127. The van der Waals surface area contributed by atoms with E-state index in [0.717, 1.165) is 10.4 Å². The average molecular weight is 306 g/mol. The number of nitrogens with one attached hydrogen (secondary N) is 2. The zero-order valence-corrected chi connectivity index (χ0v) is 12.6. The number of esters is 1. The van der Waals surface area contributed by atoms with E-state index in [0.29, 0.717) is 10.6 Å². The van der Waals surface area contributed by atoms with Crippen LogP contribution in [-0.4, -0.2) is 24.0 Å². The molecule has 0 aliphatic carbocycles. The topological polar surface area (TPSA) is 88.3 Å². The van der Waals surface area contributed by atoms with Crippen LogP contribution in [0.4, 0.5) is 5.00 Å². The number of aromatic amines is 1. The highest BCUT2D eigenvalue weighted by Crippen LogP contribution is 2.33. The van der Waals surface area contributed by atoms with Crippen molar-refractivity contribution in [2.45, 2.75) is 13.8 Å². The summed E-state index contributed by atoms with van der Waals surface area (Å²) in [5.74, 6) is -0.993. The van der Waals surface area contributed by atoms with Gasteiger partial charge in [0.1, 0.15) is 10.7 Å². The maximum Gasteiger partial charge on any atom is 0.341 e. The van der Waals surface area contributed by atoms with Crippen LogP contribution >= 0.6 is 11.3 Å². The van der Waals surface area contributed by atoms with Crippen molar-refractivity contribution >= 4 is 28.2 Å². The van der Waals surface area contributed by atoms with Crippen molar-refractivity contribution in [1.29, 1.82) is 0 Å². The van der Waals surface area contributed by atoms with Crippen molar-refractivity contribution in [3.8, 4) is 0 Å². The molecule has 2 aromatic heterocycles. The van der Waals surface area contributed by atoms with Gasteiger partial charge in [-0.3, -0.25) is 9.59 Å². The van der Waals surface area contributed by atoms with Gasteiger partial charge in [0, 0.05) is 10.9 Å². The number of amides is 1. The van der Waals surface area contributed by atoms with Gasteiger partial charge in [-0.1, -0.05) is 6.07 Å². The molecule has 0 aromatic carbocycles. The van der Waals surface area contributed by atoms with E-state index >= 15 is 0 Å². The fraction of sp³-hybridized carbons (Fsp3) is 0.214. The predicted molar refractivity (Wildman–Crippen MR) is 80.1 cm³/mol. The Labute approximate surface area is 124 Å². The summed E-state index contributed by atoms with van der Waals surface area (Å²) in [6.07, 6.45) is 0. The minimum atomic E-state index is -0.506. The highest BCUT2D eigenvalue weighted by Gasteiger charge is 2.22. The van der Waals surface area contributed by atoms with Gasteiger partial charge in [-0.2, -0.15) is 0 Å². The van der Waals surface area contributed by atoms with E-state index in [4.69, 9.17) is 4.74 Å². The molecule has 2 heterocycles. The molecule has 2 N–H and O–H groups in total. The minimum Gasteiger partial charge on any atom is -0.465 e. The van der Waals surface area contributed by atoms with E-state index < -0.39 is 11.9 Å². The molecule has 0 aliphatic rings. The Bertz CT molecular complexity index is 761. The van der Waals surface area contributed by atoms with Crippen LogP contribution < -0.4 is 10.9 Å².